The highest BCUT2D eigenvalue weighted by Crippen LogP contribution is 2.25. The second kappa shape index (κ2) is 8.98. The fourth-order valence-corrected chi connectivity index (χ4v) is 3.41. The summed E-state index contributed by atoms with van der Waals surface area (Å²) in [4.78, 5) is 18.7. The monoisotopic (exact) mass is 407 g/mol. The van der Waals surface area contributed by atoms with Gasteiger partial charge in [-0.25, -0.2) is 0 Å². The first-order chi connectivity index (χ1) is 14.6. The molecule has 2 aromatic carbocycles. The van der Waals surface area contributed by atoms with Gasteiger partial charge in [0.1, 0.15) is 11.5 Å². The highest BCUT2D eigenvalue weighted by molar-refractivity contribution is 5.78. The van der Waals surface area contributed by atoms with E-state index in [0.717, 1.165) is 17.7 Å². The highest BCUT2D eigenvalue weighted by Gasteiger charge is 2.30. The van der Waals surface area contributed by atoms with E-state index in [0.29, 0.717) is 30.6 Å². The van der Waals surface area contributed by atoms with E-state index in [-0.39, 0.29) is 25.0 Å². The molecule has 0 bridgehead atoms. The van der Waals surface area contributed by atoms with Gasteiger partial charge in [0.05, 0.1) is 0 Å². The molecule has 0 spiro atoms. The third-order valence-electron chi connectivity index (χ3n) is 5.13. The van der Waals surface area contributed by atoms with Crippen LogP contribution in [0.2, 0.25) is 0 Å². The maximum Gasteiger partial charge on any atom is 0.264 e. The molecule has 1 amide bonds. The van der Waals surface area contributed by atoms with Crippen molar-refractivity contribution < 1.29 is 18.8 Å². The molecule has 4 rings (SSSR count). The molecule has 1 aliphatic rings. The molecule has 0 saturated carbocycles. The number of amides is 1. The van der Waals surface area contributed by atoms with Crippen molar-refractivity contribution in [1.29, 1.82) is 0 Å². The van der Waals surface area contributed by atoms with Crippen LogP contribution in [-0.4, -0.2) is 40.6 Å². The van der Waals surface area contributed by atoms with E-state index in [1.54, 1.807) is 4.90 Å². The predicted molar refractivity (Wildman–Crippen MR) is 110 cm³/mol. The summed E-state index contributed by atoms with van der Waals surface area (Å²) >= 11 is 0. The Kier molecular flexibility index (Phi) is 5.97. The van der Waals surface area contributed by atoms with E-state index < -0.39 is 0 Å². The number of aromatic nitrogens is 2. The normalized spacial score (nSPS) is 15.9. The molecule has 1 aromatic heterocycles. The van der Waals surface area contributed by atoms with Crippen LogP contribution in [-0.2, 0) is 11.4 Å². The summed E-state index contributed by atoms with van der Waals surface area (Å²) in [5, 5.41) is 4.09. The summed E-state index contributed by atoms with van der Waals surface area (Å²) in [6.45, 7) is 5.48. The van der Waals surface area contributed by atoms with Crippen molar-refractivity contribution in [2.75, 3.05) is 19.7 Å². The Morgan fingerprint density at radius 2 is 1.93 bits per heavy atom. The lowest BCUT2D eigenvalue weighted by Crippen LogP contribution is -2.32. The SMILES string of the molecule is Cc1ccc(OCc2nc(C3CCN(C(=O)COc4cccc(C)c4)C3)no2)cc1. The van der Waals surface area contributed by atoms with Crippen LogP contribution in [0.25, 0.3) is 0 Å². The van der Waals surface area contributed by atoms with Crippen molar-refractivity contribution in [1.82, 2.24) is 15.0 Å². The molecule has 1 saturated heterocycles. The van der Waals surface area contributed by atoms with E-state index >= 15 is 0 Å². The van der Waals surface area contributed by atoms with Crippen molar-refractivity contribution >= 4 is 5.91 Å². The van der Waals surface area contributed by atoms with Crippen molar-refractivity contribution in [2.45, 2.75) is 32.8 Å². The van der Waals surface area contributed by atoms with Crippen LogP contribution in [0.3, 0.4) is 0 Å². The van der Waals surface area contributed by atoms with Gasteiger partial charge in [-0.3, -0.25) is 4.79 Å². The van der Waals surface area contributed by atoms with Gasteiger partial charge in [0, 0.05) is 19.0 Å². The lowest BCUT2D eigenvalue weighted by atomic mass is 10.1. The minimum atomic E-state index is -0.0366. The molecular formula is C23H25N3O4. The molecule has 1 fully saturated rings. The number of carbonyl (C=O) groups excluding carboxylic acids is 1. The fraction of sp³-hybridized carbons (Fsp3) is 0.348. The summed E-state index contributed by atoms with van der Waals surface area (Å²) in [5.74, 6) is 2.53. The number of aryl methyl sites for hydroxylation is 2. The highest BCUT2D eigenvalue weighted by atomic mass is 16.5. The number of rotatable bonds is 7. The molecule has 3 aromatic rings. The number of carbonyl (C=O) groups is 1. The van der Waals surface area contributed by atoms with Crippen molar-refractivity contribution in [3.8, 4) is 11.5 Å². The van der Waals surface area contributed by atoms with Crippen molar-refractivity contribution in [3.63, 3.8) is 0 Å². The molecule has 0 N–H and O–H groups in total. The maximum atomic E-state index is 12.5. The molecule has 30 heavy (non-hydrogen) atoms. The van der Waals surface area contributed by atoms with Crippen molar-refractivity contribution in [2.24, 2.45) is 0 Å². The van der Waals surface area contributed by atoms with Gasteiger partial charge >= 0.3 is 0 Å². The number of hydrogen-bond donors (Lipinski definition) is 0. The molecule has 1 aliphatic heterocycles. The summed E-state index contributed by atoms with van der Waals surface area (Å²) in [5.41, 5.74) is 2.27. The zero-order valence-electron chi connectivity index (χ0n) is 17.2. The Morgan fingerprint density at radius 1 is 1.10 bits per heavy atom. The standard InChI is InChI=1S/C23H25N3O4/c1-16-6-8-19(9-7-16)28-14-21-24-23(25-30-21)18-10-11-26(13-18)22(27)15-29-20-5-3-4-17(2)12-20/h3-9,12,18H,10-11,13-15H2,1-2H3. The fourth-order valence-electron chi connectivity index (χ4n) is 3.41. The van der Waals surface area contributed by atoms with Crippen LogP contribution < -0.4 is 9.47 Å². The van der Waals surface area contributed by atoms with Crippen LogP contribution >= 0.6 is 0 Å². The van der Waals surface area contributed by atoms with Gasteiger partial charge in [-0.15, -0.1) is 0 Å². The summed E-state index contributed by atoms with van der Waals surface area (Å²) in [6, 6.07) is 15.5. The summed E-state index contributed by atoms with van der Waals surface area (Å²) in [6.07, 6.45) is 0.800. The van der Waals surface area contributed by atoms with Crippen LogP contribution in [0.15, 0.2) is 53.1 Å². The molecule has 2 heterocycles. The predicted octanol–water partition coefficient (Wildman–Crippen LogP) is 3.66. The van der Waals surface area contributed by atoms with Gasteiger partial charge in [-0.2, -0.15) is 4.98 Å². The van der Waals surface area contributed by atoms with E-state index in [1.165, 1.54) is 5.56 Å². The third-order valence-corrected chi connectivity index (χ3v) is 5.13. The van der Waals surface area contributed by atoms with Crippen LogP contribution in [0.4, 0.5) is 0 Å². The van der Waals surface area contributed by atoms with Gasteiger partial charge in [0.25, 0.3) is 11.8 Å². The van der Waals surface area contributed by atoms with Gasteiger partial charge in [-0.05, 0) is 50.1 Å². The Labute approximate surface area is 175 Å². The Morgan fingerprint density at radius 3 is 2.73 bits per heavy atom. The Balaban J connectivity index is 1.26. The average Bonchev–Trinajstić information content (AvgIpc) is 3.41. The van der Waals surface area contributed by atoms with E-state index in [1.807, 2.05) is 62.4 Å². The second-order valence-corrected chi connectivity index (χ2v) is 7.58. The smallest absolute Gasteiger partial charge is 0.264 e. The minimum Gasteiger partial charge on any atom is -0.484 e. The lowest BCUT2D eigenvalue weighted by Gasteiger charge is -2.16. The molecule has 1 atom stereocenters. The van der Waals surface area contributed by atoms with Crippen LogP contribution in [0, 0.1) is 13.8 Å². The Bertz CT molecular complexity index is 1000. The van der Waals surface area contributed by atoms with E-state index in [9.17, 15) is 4.79 Å². The molecule has 0 radical (unpaired) electrons. The van der Waals surface area contributed by atoms with Gasteiger partial charge < -0.3 is 18.9 Å². The zero-order valence-corrected chi connectivity index (χ0v) is 17.2. The van der Waals surface area contributed by atoms with E-state index in [4.69, 9.17) is 14.0 Å². The van der Waals surface area contributed by atoms with Gasteiger partial charge in [-0.1, -0.05) is 35.0 Å². The first-order valence-electron chi connectivity index (χ1n) is 10.1. The number of ether oxygens (including phenoxy) is 2. The number of likely N-dealkylation sites (tertiary alicyclic amines) is 1. The second-order valence-electron chi connectivity index (χ2n) is 7.58. The summed E-state index contributed by atoms with van der Waals surface area (Å²) in [7, 11) is 0. The average molecular weight is 407 g/mol. The number of hydrogen-bond acceptors (Lipinski definition) is 6. The first kappa shape index (κ1) is 19.9. The molecule has 7 heteroatoms. The zero-order chi connectivity index (χ0) is 20.9. The van der Waals surface area contributed by atoms with Gasteiger partial charge in [0.15, 0.2) is 19.0 Å². The van der Waals surface area contributed by atoms with Crippen molar-refractivity contribution in [3.05, 3.63) is 71.4 Å². The molecule has 7 nitrogen and oxygen atoms in total. The van der Waals surface area contributed by atoms with Gasteiger partial charge in [0.2, 0.25) is 0 Å². The topological polar surface area (TPSA) is 77.7 Å². The number of benzene rings is 2. The third kappa shape index (κ3) is 4.97. The number of nitrogens with zero attached hydrogens (tertiary/aromatic N) is 3. The van der Waals surface area contributed by atoms with Crippen LogP contribution in [0.1, 0.15) is 35.2 Å². The maximum absolute atomic E-state index is 12.5. The summed E-state index contributed by atoms with van der Waals surface area (Å²) < 4.78 is 16.6. The molecule has 1 unspecified atom stereocenters. The quantitative estimate of drug-likeness (QED) is 0.595. The molecule has 0 aliphatic carbocycles. The molecule has 156 valence electrons. The lowest BCUT2D eigenvalue weighted by molar-refractivity contribution is -0.132. The van der Waals surface area contributed by atoms with Crippen LogP contribution in [0.5, 0.6) is 11.5 Å². The largest absolute Gasteiger partial charge is 0.484 e. The molecular weight excluding hydrogens is 382 g/mol. The minimum absolute atomic E-state index is 0.0259. The first-order valence-corrected chi connectivity index (χ1v) is 10.1. The Hall–Kier alpha value is -3.35. The van der Waals surface area contributed by atoms with E-state index in [2.05, 4.69) is 10.1 Å².